The van der Waals surface area contributed by atoms with E-state index in [0.29, 0.717) is 0 Å². The Kier molecular flexibility index (Phi) is 8.28. The van der Waals surface area contributed by atoms with Crippen LogP contribution >= 0.6 is 0 Å². The van der Waals surface area contributed by atoms with E-state index in [2.05, 4.69) is 10.6 Å². The highest BCUT2D eigenvalue weighted by Crippen LogP contribution is 2.10. The summed E-state index contributed by atoms with van der Waals surface area (Å²) < 4.78 is 5.21. The largest absolute Gasteiger partial charge is 0.548 e. The first-order valence-electron chi connectivity index (χ1n) is 9.02. The molecule has 0 heterocycles. The summed E-state index contributed by atoms with van der Waals surface area (Å²) in [6.45, 7) is 8.85. The molecule has 7 nitrogen and oxygen atoms in total. The minimum atomic E-state index is -1.35. The molecule has 0 bridgehead atoms. The highest BCUT2D eigenvalue weighted by molar-refractivity contribution is 5.89. The Labute approximate surface area is 160 Å². The lowest BCUT2D eigenvalue weighted by Crippen LogP contribution is -2.55. The standard InChI is InChI=1S/C20H30N2O5/c1-13(2)11-16(18(24)25)21-17(23)15(12-14-9-7-6-8-10-14)22-19(26)27-20(3,4)5/h6-10,13,15-16H,11-12H2,1-5H3,(H,21,23)(H,22,26)(H,24,25)/p-1/t15-,16+/m0/s1. The third-order valence-corrected chi connectivity index (χ3v) is 3.60. The van der Waals surface area contributed by atoms with Gasteiger partial charge in [0.25, 0.3) is 0 Å². The van der Waals surface area contributed by atoms with Gasteiger partial charge in [0.05, 0.1) is 12.0 Å². The van der Waals surface area contributed by atoms with E-state index < -0.39 is 35.7 Å². The van der Waals surface area contributed by atoms with E-state index in [4.69, 9.17) is 4.74 Å². The molecular weight excluding hydrogens is 348 g/mol. The van der Waals surface area contributed by atoms with E-state index in [1.807, 2.05) is 44.2 Å². The average Bonchev–Trinajstić information content (AvgIpc) is 2.52. The Morgan fingerprint density at radius 3 is 2.11 bits per heavy atom. The van der Waals surface area contributed by atoms with Crippen molar-refractivity contribution in [3.05, 3.63) is 35.9 Å². The maximum Gasteiger partial charge on any atom is 0.408 e. The molecule has 2 atom stereocenters. The average molecular weight is 377 g/mol. The number of carbonyl (C=O) groups is 3. The van der Waals surface area contributed by atoms with Gasteiger partial charge in [0.1, 0.15) is 11.6 Å². The number of carbonyl (C=O) groups excluding carboxylic acids is 3. The van der Waals surface area contributed by atoms with Crippen molar-refractivity contribution in [1.82, 2.24) is 10.6 Å². The fourth-order valence-electron chi connectivity index (χ4n) is 2.47. The molecule has 0 saturated heterocycles. The van der Waals surface area contributed by atoms with Gasteiger partial charge in [-0.2, -0.15) is 0 Å². The monoisotopic (exact) mass is 377 g/mol. The number of aliphatic carboxylic acids is 1. The fraction of sp³-hybridized carbons (Fsp3) is 0.550. The summed E-state index contributed by atoms with van der Waals surface area (Å²) in [6.07, 6.45) is -0.307. The van der Waals surface area contributed by atoms with Crippen molar-refractivity contribution in [2.45, 2.75) is 65.1 Å². The van der Waals surface area contributed by atoms with E-state index in [1.54, 1.807) is 20.8 Å². The Balaban J connectivity index is 2.92. The molecule has 27 heavy (non-hydrogen) atoms. The van der Waals surface area contributed by atoms with Gasteiger partial charge in [-0.05, 0) is 38.7 Å². The number of ether oxygens (including phenoxy) is 1. The van der Waals surface area contributed by atoms with Gasteiger partial charge in [-0.25, -0.2) is 4.79 Å². The van der Waals surface area contributed by atoms with E-state index >= 15 is 0 Å². The number of amides is 2. The lowest BCUT2D eigenvalue weighted by Gasteiger charge is -2.26. The quantitative estimate of drug-likeness (QED) is 0.712. The molecule has 0 radical (unpaired) electrons. The third kappa shape index (κ3) is 9.08. The van der Waals surface area contributed by atoms with Crippen LogP contribution in [0.15, 0.2) is 30.3 Å². The van der Waals surface area contributed by atoms with E-state index in [0.717, 1.165) is 5.56 Å². The first kappa shape index (κ1) is 22.5. The summed E-state index contributed by atoms with van der Waals surface area (Å²) in [5.41, 5.74) is 0.103. The van der Waals surface area contributed by atoms with E-state index in [9.17, 15) is 19.5 Å². The van der Waals surface area contributed by atoms with Gasteiger partial charge in [-0.15, -0.1) is 0 Å². The molecule has 2 N–H and O–H groups in total. The summed E-state index contributed by atoms with van der Waals surface area (Å²) in [7, 11) is 0. The summed E-state index contributed by atoms with van der Waals surface area (Å²) in [5, 5.41) is 16.3. The zero-order valence-electron chi connectivity index (χ0n) is 16.6. The Morgan fingerprint density at radius 2 is 1.63 bits per heavy atom. The van der Waals surface area contributed by atoms with Crippen molar-refractivity contribution in [2.75, 3.05) is 0 Å². The second-order valence-electron chi connectivity index (χ2n) is 7.90. The molecule has 150 valence electrons. The minimum Gasteiger partial charge on any atom is -0.548 e. The highest BCUT2D eigenvalue weighted by Gasteiger charge is 2.27. The van der Waals surface area contributed by atoms with Crippen LogP contribution in [0.3, 0.4) is 0 Å². The van der Waals surface area contributed by atoms with Gasteiger partial charge in [0, 0.05) is 6.42 Å². The molecule has 0 fully saturated rings. The molecule has 1 rings (SSSR count). The summed E-state index contributed by atoms with van der Waals surface area (Å²) >= 11 is 0. The number of nitrogens with one attached hydrogen (secondary N) is 2. The topological polar surface area (TPSA) is 108 Å². The number of hydrogen-bond donors (Lipinski definition) is 2. The highest BCUT2D eigenvalue weighted by atomic mass is 16.6. The van der Waals surface area contributed by atoms with Gasteiger partial charge in [-0.1, -0.05) is 44.2 Å². The van der Waals surface area contributed by atoms with E-state index in [-0.39, 0.29) is 18.8 Å². The second kappa shape index (κ2) is 9.94. The van der Waals surface area contributed by atoms with Crippen molar-refractivity contribution in [3.8, 4) is 0 Å². The van der Waals surface area contributed by atoms with E-state index in [1.165, 1.54) is 0 Å². The van der Waals surface area contributed by atoms with Crippen molar-refractivity contribution >= 4 is 18.0 Å². The van der Waals surface area contributed by atoms with Gasteiger partial charge in [0.2, 0.25) is 5.91 Å². The van der Waals surface area contributed by atoms with Gasteiger partial charge < -0.3 is 25.3 Å². The Hall–Kier alpha value is -2.57. The van der Waals surface area contributed by atoms with Crippen molar-refractivity contribution < 1.29 is 24.2 Å². The smallest absolute Gasteiger partial charge is 0.408 e. The van der Waals surface area contributed by atoms with Crippen LogP contribution in [0.2, 0.25) is 0 Å². The number of carboxylic acids is 1. The number of carboxylic acid groups (broad SMARTS) is 1. The molecule has 0 aliphatic rings. The fourth-order valence-corrected chi connectivity index (χ4v) is 2.47. The maximum absolute atomic E-state index is 12.7. The molecule has 0 spiro atoms. The van der Waals surface area contributed by atoms with Gasteiger partial charge in [-0.3, -0.25) is 4.79 Å². The molecule has 0 aromatic heterocycles. The van der Waals surface area contributed by atoms with Crippen LogP contribution in [0.4, 0.5) is 4.79 Å². The Bertz CT molecular complexity index is 638. The van der Waals surface area contributed by atoms with Crippen LogP contribution in [-0.2, 0) is 20.7 Å². The zero-order chi connectivity index (χ0) is 20.6. The summed E-state index contributed by atoms with van der Waals surface area (Å²) in [6, 6.07) is 7.02. The first-order chi connectivity index (χ1) is 12.5. The van der Waals surface area contributed by atoms with Crippen LogP contribution in [0.1, 0.15) is 46.6 Å². The van der Waals surface area contributed by atoms with Crippen LogP contribution in [0, 0.1) is 5.92 Å². The normalized spacial score (nSPS) is 13.6. The van der Waals surface area contributed by atoms with Crippen LogP contribution < -0.4 is 15.7 Å². The predicted molar refractivity (Wildman–Crippen MR) is 99.7 cm³/mol. The Morgan fingerprint density at radius 1 is 1.04 bits per heavy atom. The van der Waals surface area contributed by atoms with Crippen LogP contribution in [-0.4, -0.2) is 35.7 Å². The zero-order valence-corrected chi connectivity index (χ0v) is 16.6. The van der Waals surface area contributed by atoms with Crippen molar-refractivity contribution in [2.24, 2.45) is 5.92 Å². The lowest BCUT2D eigenvalue weighted by atomic mass is 10.0. The summed E-state index contributed by atoms with van der Waals surface area (Å²) in [5.74, 6) is -1.90. The van der Waals surface area contributed by atoms with Crippen molar-refractivity contribution in [1.29, 1.82) is 0 Å². The number of rotatable bonds is 8. The summed E-state index contributed by atoms with van der Waals surface area (Å²) in [4.78, 5) is 36.1. The third-order valence-electron chi connectivity index (χ3n) is 3.60. The molecule has 1 aromatic rings. The SMILES string of the molecule is CC(C)C[C@@H](NC(=O)[C@H](Cc1ccccc1)NC(=O)OC(C)(C)C)C(=O)[O-]. The van der Waals surface area contributed by atoms with Crippen LogP contribution in [0.25, 0.3) is 0 Å². The molecular formula is C20H29N2O5-. The molecule has 1 aromatic carbocycles. The number of hydrogen-bond acceptors (Lipinski definition) is 5. The predicted octanol–water partition coefficient (Wildman–Crippen LogP) is 1.40. The molecule has 0 aliphatic carbocycles. The minimum absolute atomic E-state index is 0.0552. The van der Waals surface area contributed by atoms with Gasteiger partial charge >= 0.3 is 6.09 Å². The van der Waals surface area contributed by atoms with Crippen LogP contribution in [0.5, 0.6) is 0 Å². The molecule has 0 aliphatic heterocycles. The second-order valence-corrected chi connectivity index (χ2v) is 7.90. The van der Waals surface area contributed by atoms with Crippen molar-refractivity contribution in [3.63, 3.8) is 0 Å². The molecule has 2 amide bonds. The molecule has 0 saturated carbocycles. The van der Waals surface area contributed by atoms with Gasteiger partial charge in [0.15, 0.2) is 0 Å². The molecule has 0 unspecified atom stereocenters. The first-order valence-corrected chi connectivity index (χ1v) is 9.02. The molecule has 7 heteroatoms. The number of alkyl carbamates (subject to hydrolysis) is 1. The maximum atomic E-state index is 12.7. The number of benzene rings is 1. The lowest BCUT2D eigenvalue weighted by molar-refractivity contribution is -0.308.